The van der Waals surface area contributed by atoms with Gasteiger partial charge in [-0.05, 0) is 32.1 Å². The van der Waals surface area contributed by atoms with Crippen LogP contribution in [0.4, 0.5) is 0 Å². The first-order valence-corrected chi connectivity index (χ1v) is 32.2. The molecule has 70 heavy (non-hydrogen) atoms. The second kappa shape index (κ2) is 57.0. The van der Waals surface area contributed by atoms with Crippen molar-refractivity contribution in [2.75, 3.05) is 26.4 Å². The topological polar surface area (TPSA) is 134 Å². The van der Waals surface area contributed by atoms with Crippen molar-refractivity contribution < 1.29 is 37.6 Å². The smallest absolute Gasteiger partial charge is 0.462 e. The Hall–Kier alpha value is -1.25. The molecular formula is C60H118NO8P. The minimum atomic E-state index is -4.38. The van der Waals surface area contributed by atoms with Crippen LogP contribution in [0.15, 0.2) is 12.2 Å². The van der Waals surface area contributed by atoms with Gasteiger partial charge in [-0.15, -0.1) is 0 Å². The fourth-order valence-corrected chi connectivity index (χ4v) is 10.1. The van der Waals surface area contributed by atoms with E-state index in [4.69, 9.17) is 24.3 Å². The fourth-order valence-electron chi connectivity index (χ4n) is 9.33. The normalized spacial score (nSPS) is 13.0. The molecule has 3 N–H and O–H groups in total. The van der Waals surface area contributed by atoms with Crippen molar-refractivity contribution in [1.82, 2.24) is 0 Å². The largest absolute Gasteiger partial charge is 0.472 e. The summed E-state index contributed by atoms with van der Waals surface area (Å²) >= 11 is 0. The van der Waals surface area contributed by atoms with Crippen molar-refractivity contribution in [3.8, 4) is 0 Å². The van der Waals surface area contributed by atoms with E-state index in [1.165, 1.54) is 238 Å². The summed E-state index contributed by atoms with van der Waals surface area (Å²) < 4.78 is 32.9. The second-order valence-electron chi connectivity index (χ2n) is 20.9. The molecule has 0 saturated carbocycles. The SMILES string of the molecule is CCCC/C=C\CCCCCCCC(=O)OC(COC(=O)CCCCCCCCCCCCCCCCCCCCCCCCCCCCCCCCCCCCCCCC)COP(=O)(O)OCCN. The number of unbranched alkanes of at least 4 members (excludes halogenated alkanes) is 44. The minimum absolute atomic E-state index is 0.0550. The number of carbonyl (C=O) groups excluding carboxylic acids is 2. The van der Waals surface area contributed by atoms with Crippen LogP contribution in [-0.2, 0) is 32.7 Å². The fraction of sp³-hybridized carbons (Fsp3) is 0.933. The van der Waals surface area contributed by atoms with Gasteiger partial charge in [-0.3, -0.25) is 18.6 Å². The van der Waals surface area contributed by atoms with Crippen LogP contribution in [0.3, 0.4) is 0 Å². The molecule has 0 fully saturated rings. The van der Waals surface area contributed by atoms with Crippen LogP contribution in [0.5, 0.6) is 0 Å². The Balaban J connectivity index is 3.66. The molecule has 0 aliphatic heterocycles. The van der Waals surface area contributed by atoms with Gasteiger partial charge in [0.1, 0.15) is 6.61 Å². The number of phosphoric acid groups is 1. The van der Waals surface area contributed by atoms with Gasteiger partial charge in [-0.1, -0.05) is 296 Å². The summed E-state index contributed by atoms with van der Waals surface area (Å²) in [7, 11) is -4.38. The molecule has 0 heterocycles. The van der Waals surface area contributed by atoms with Gasteiger partial charge in [0.05, 0.1) is 13.2 Å². The van der Waals surface area contributed by atoms with Crippen molar-refractivity contribution in [3.05, 3.63) is 12.2 Å². The van der Waals surface area contributed by atoms with E-state index in [1.54, 1.807) is 0 Å². The molecule has 9 nitrogen and oxygen atoms in total. The number of hydrogen-bond acceptors (Lipinski definition) is 8. The van der Waals surface area contributed by atoms with Crippen LogP contribution in [0.2, 0.25) is 0 Å². The van der Waals surface area contributed by atoms with E-state index < -0.39 is 26.5 Å². The van der Waals surface area contributed by atoms with Crippen molar-refractivity contribution in [1.29, 1.82) is 0 Å². The lowest BCUT2D eigenvalue weighted by Crippen LogP contribution is -2.29. The molecular weight excluding hydrogens is 894 g/mol. The standard InChI is InChI=1S/C60H118NO8P/c1-3-5-7-9-11-13-15-16-17-18-19-20-21-22-23-24-25-26-27-28-29-30-31-32-33-34-35-36-37-38-39-40-41-43-44-46-48-50-52-59(62)66-56-58(57-68-70(64,65)67-55-54-61)69-60(63)53-51-49-47-45-42-14-12-10-8-6-4-2/h10,12,58H,3-9,11,13-57,61H2,1-2H3,(H,64,65)/b12-10-. The summed E-state index contributed by atoms with van der Waals surface area (Å²) in [5.41, 5.74) is 5.36. The van der Waals surface area contributed by atoms with E-state index in [0.717, 1.165) is 57.8 Å². The van der Waals surface area contributed by atoms with E-state index in [-0.39, 0.29) is 38.6 Å². The van der Waals surface area contributed by atoms with Gasteiger partial charge in [-0.2, -0.15) is 0 Å². The summed E-state index contributed by atoms with van der Waals surface area (Å²) in [6, 6.07) is 0. The Labute approximate surface area is 434 Å². The first kappa shape index (κ1) is 68.8. The van der Waals surface area contributed by atoms with Crippen LogP contribution >= 0.6 is 7.82 Å². The van der Waals surface area contributed by atoms with Gasteiger partial charge in [0.15, 0.2) is 6.10 Å². The molecule has 0 amide bonds. The maximum absolute atomic E-state index is 12.6. The summed E-state index contributed by atoms with van der Waals surface area (Å²) in [5, 5.41) is 0. The first-order chi connectivity index (χ1) is 34.3. The predicted octanol–water partition coefficient (Wildman–Crippen LogP) is 19.2. The maximum atomic E-state index is 12.6. The third kappa shape index (κ3) is 56.1. The molecule has 0 aromatic heterocycles. The molecule has 0 aliphatic carbocycles. The van der Waals surface area contributed by atoms with Crippen LogP contribution in [0.1, 0.15) is 328 Å². The lowest BCUT2D eigenvalue weighted by molar-refractivity contribution is -0.161. The third-order valence-electron chi connectivity index (χ3n) is 13.9. The molecule has 0 radical (unpaired) electrons. The number of hydrogen-bond donors (Lipinski definition) is 2. The predicted molar refractivity (Wildman–Crippen MR) is 298 cm³/mol. The summed E-state index contributed by atoms with van der Waals surface area (Å²) in [4.78, 5) is 35.0. The number of ether oxygens (including phenoxy) is 2. The maximum Gasteiger partial charge on any atom is 0.472 e. The van der Waals surface area contributed by atoms with Crippen LogP contribution in [0, 0.1) is 0 Å². The Morgan fingerprint density at radius 1 is 0.414 bits per heavy atom. The molecule has 0 aromatic carbocycles. The lowest BCUT2D eigenvalue weighted by Gasteiger charge is -2.19. The molecule has 0 aromatic rings. The van der Waals surface area contributed by atoms with Crippen molar-refractivity contribution in [2.45, 2.75) is 335 Å². The monoisotopic (exact) mass is 1010 g/mol. The van der Waals surface area contributed by atoms with Gasteiger partial charge in [0.25, 0.3) is 0 Å². The van der Waals surface area contributed by atoms with E-state index in [9.17, 15) is 19.0 Å². The molecule has 0 spiro atoms. The van der Waals surface area contributed by atoms with Crippen molar-refractivity contribution in [2.24, 2.45) is 5.73 Å². The average Bonchev–Trinajstić information content (AvgIpc) is 3.35. The molecule has 0 aliphatic rings. The van der Waals surface area contributed by atoms with Gasteiger partial charge < -0.3 is 20.1 Å². The van der Waals surface area contributed by atoms with Crippen LogP contribution < -0.4 is 5.73 Å². The van der Waals surface area contributed by atoms with Crippen molar-refractivity contribution >= 4 is 19.8 Å². The summed E-state index contributed by atoms with van der Waals surface area (Å²) in [6.45, 7) is 3.74. The van der Waals surface area contributed by atoms with Gasteiger partial charge in [0.2, 0.25) is 0 Å². The Bertz CT molecular complexity index is 1150. The summed E-state index contributed by atoms with van der Waals surface area (Å²) in [6.07, 6.45) is 66.2. The number of phosphoric ester groups is 1. The van der Waals surface area contributed by atoms with Gasteiger partial charge in [0, 0.05) is 19.4 Å². The summed E-state index contributed by atoms with van der Waals surface area (Å²) in [5.74, 6) is -0.824. The van der Waals surface area contributed by atoms with E-state index in [2.05, 4.69) is 26.0 Å². The first-order valence-electron chi connectivity index (χ1n) is 30.7. The van der Waals surface area contributed by atoms with Crippen molar-refractivity contribution in [3.63, 3.8) is 0 Å². The van der Waals surface area contributed by atoms with Gasteiger partial charge in [-0.25, -0.2) is 4.57 Å². The molecule has 416 valence electrons. The molecule has 0 rings (SSSR count). The zero-order valence-corrected chi connectivity index (χ0v) is 47.4. The number of esters is 2. The van der Waals surface area contributed by atoms with Gasteiger partial charge >= 0.3 is 19.8 Å². The van der Waals surface area contributed by atoms with E-state index >= 15 is 0 Å². The highest BCUT2D eigenvalue weighted by molar-refractivity contribution is 7.47. The quantitative estimate of drug-likeness (QED) is 0.0264. The lowest BCUT2D eigenvalue weighted by atomic mass is 10.0. The molecule has 2 unspecified atom stereocenters. The molecule has 2 atom stereocenters. The Morgan fingerprint density at radius 2 is 0.714 bits per heavy atom. The second-order valence-corrected chi connectivity index (χ2v) is 22.4. The Kier molecular flexibility index (Phi) is 56.0. The zero-order valence-electron chi connectivity index (χ0n) is 46.5. The number of allylic oxidation sites excluding steroid dienone is 2. The average molecular weight is 1010 g/mol. The van der Waals surface area contributed by atoms with E-state index in [1.807, 2.05) is 0 Å². The highest BCUT2D eigenvalue weighted by Gasteiger charge is 2.26. The minimum Gasteiger partial charge on any atom is -0.462 e. The number of carbonyl (C=O) groups is 2. The molecule has 0 bridgehead atoms. The highest BCUT2D eigenvalue weighted by atomic mass is 31.2. The van der Waals surface area contributed by atoms with Crippen LogP contribution in [0.25, 0.3) is 0 Å². The molecule has 10 heteroatoms. The third-order valence-corrected chi connectivity index (χ3v) is 14.9. The number of rotatable bonds is 59. The van der Waals surface area contributed by atoms with Crippen LogP contribution in [-0.4, -0.2) is 49.3 Å². The molecule has 0 saturated heterocycles. The highest BCUT2D eigenvalue weighted by Crippen LogP contribution is 2.43. The number of nitrogens with two attached hydrogens (primary N) is 1. The zero-order chi connectivity index (χ0) is 51.0. The Morgan fingerprint density at radius 3 is 1.06 bits per heavy atom. The van der Waals surface area contributed by atoms with E-state index in [0.29, 0.717) is 6.42 Å².